The molecule has 116 valence electrons. The second kappa shape index (κ2) is 7.31. The van der Waals surface area contributed by atoms with Crippen molar-refractivity contribution in [3.63, 3.8) is 0 Å². The molecule has 0 aromatic heterocycles. The molecule has 1 saturated carbocycles. The van der Waals surface area contributed by atoms with Crippen LogP contribution in [0.5, 0.6) is 5.75 Å². The molecule has 1 aromatic carbocycles. The first-order chi connectivity index (χ1) is 10.4. The molecular weight excluding hydrogens is 258 g/mol. The van der Waals surface area contributed by atoms with E-state index >= 15 is 0 Å². The molecule has 3 rings (SSSR count). The lowest BCUT2D eigenvalue weighted by atomic mass is 9.88. The zero-order chi connectivity index (χ0) is 14.5. The van der Waals surface area contributed by atoms with Gasteiger partial charge >= 0.3 is 0 Å². The summed E-state index contributed by atoms with van der Waals surface area (Å²) in [5, 5.41) is 3.76. The number of rotatable bonds is 8. The van der Waals surface area contributed by atoms with Gasteiger partial charge in [0, 0.05) is 6.04 Å². The maximum atomic E-state index is 5.77. The maximum Gasteiger partial charge on any atom is 0.122 e. The van der Waals surface area contributed by atoms with Crippen LogP contribution in [0.4, 0.5) is 0 Å². The van der Waals surface area contributed by atoms with E-state index in [1.807, 2.05) is 0 Å². The van der Waals surface area contributed by atoms with Crippen LogP contribution in [0, 0.1) is 5.92 Å². The standard InChI is InChI=1S/C19H29NO/c1-2-13-20-18(16-10-11-16)8-5-6-15-12-14-21-19-9-4-3-7-17(15)19/h3-4,7,9,15-16,18,20H,2,5-6,8,10-14H2,1H3. The molecular formula is C19H29NO. The first kappa shape index (κ1) is 14.9. The second-order valence-electron chi connectivity index (χ2n) is 6.70. The number of ether oxygens (including phenoxy) is 1. The molecule has 0 bridgehead atoms. The second-order valence-corrected chi connectivity index (χ2v) is 6.70. The summed E-state index contributed by atoms with van der Waals surface area (Å²) < 4.78 is 5.77. The highest BCUT2D eigenvalue weighted by atomic mass is 16.5. The first-order valence-corrected chi connectivity index (χ1v) is 8.83. The van der Waals surface area contributed by atoms with E-state index in [0.717, 1.165) is 24.3 Å². The molecule has 2 aliphatic rings. The van der Waals surface area contributed by atoms with E-state index in [1.54, 1.807) is 0 Å². The van der Waals surface area contributed by atoms with Crippen molar-refractivity contribution in [2.24, 2.45) is 5.92 Å². The van der Waals surface area contributed by atoms with Gasteiger partial charge in [-0.1, -0.05) is 31.5 Å². The van der Waals surface area contributed by atoms with Crippen molar-refractivity contribution in [2.45, 2.75) is 63.8 Å². The van der Waals surface area contributed by atoms with Crippen molar-refractivity contribution in [3.8, 4) is 5.75 Å². The predicted molar refractivity (Wildman–Crippen MR) is 88.0 cm³/mol. The Hall–Kier alpha value is -1.02. The van der Waals surface area contributed by atoms with Crippen LogP contribution in [-0.4, -0.2) is 19.2 Å². The molecule has 1 heterocycles. The van der Waals surface area contributed by atoms with E-state index in [-0.39, 0.29) is 0 Å². The Labute approximate surface area is 129 Å². The Bertz CT molecular complexity index is 441. The van der Waals surface area contributed by atoms with Gasteiger partial charge in [0.25, 0.3) is 0 Å². The summed E-state index contributed by atoms with van der Waals surface area (Å²) in [6.45, 7) is 4.33. The third-order valence-corrected chi connectivity index (χ3v) is 5.00. The van der Waals surface area contributed by atoms with E-state index in [2.05, 4.69) is 36.5 Å². The average Bonchev–Trinajstić information content (AvgIpc) is 3.35. The summed E-state index contributed by atoms with van der Waals surface area (Å²) in [7, 11) is 0. The summed E-state index contributed by atoms with van der Waals surface area (Å²) in [6.07, 6.45) is 9.34. The summed E-state index contributed by atoms with van der Waals surface area (Å²) in [5.41, 5.74) is 1.44. The lowest BCUT2D eigenvalue weighted by Gasteiger charge is -2.26. The van der Waals surface area contributed by atoms with Gasteiger partial charge < -0.3 is 10.1 Å². The number of para-hydroxylation sites is 1. The van der Waals surface area contributed by atoms with Gasteiger partial charge in [-0.15, -0.1) is 0 Å². The van der Waals surface area contributed by atoms with Gasteiger partial charge in [0.15, 0.2) is 0 Å². The van der Waals surface area contributed by atoms with Crippen molar-refractivity contribution in [1.82, 2.24) is 5.32 Å². The quantitative estimate of drug-likeness (QED) is 0.760. The molecule has 1 fully saturated rings. The molecule has 21 heavy (non-hydrogen) atoms. The van der Waals surface area contributed by atoms with Crippen LogP contribution in [0.25, 0.3) is 0 Å². The molecule has 2 nitrogen and oxygen atoms in total. The molecule has 1 aliphatic heterocycles. The van der Waals surface area contributed by atoms with Crippen molar-refractivity contribution in [3.05, 3.63) is 29.8 Å². The number of nitrogens with one attached hydrogen (secondary N) is 1. The highest BCUT2D eigenvalue weighted by Gasteiger charge is 2.30. The zero-order valence-corrected chi connectivity index (χ0v) is 13.3. The Morgan fingerprint density at radius 2 is 2.10 bits per heavy atom. The fourth-order valence-corrected chi connectivity index (χ4v) is 3.63. The SMILES string of the molecule is CCCNC(CCCC1CCOc2ccccc21)C1CC1. The van der Waals surface area contributed by atoms with Crippen molar-refractivity contribution >= 4 is 0 Å². The minimum absolute atomic E-state index is 0.709. The Balaban J connectivity index is 1.49. The highest BCUT2D eigenvalue weighted by molar-refractivity contribution is 5.37. The topological polar surface area (TPSA) is 21.3 Å². The highest BCUT2D eigenvalue weighted by Crippen LogP contribution is 2.38. The van der Waals surface area contributed by atoms with Crippen molar-refractivity contribution in [1.29, 1.82) is 0 Å². The molecule has 1 N–H and O–H groups in total. The fraction of sp³-hybridized carbons (Fsp3) is 0.684. The molecule has 0 spiro atoms. The van der Waals surface area contributed by atoms with Gasteiger partial charge in [-0.25, -0.2) is 0 Å². The third-order valence-electron chi connectivity index (χ3n) is 5.00. The van der Waals surface area contributed by atoms with Crippen LogP contribution in [0.15, 0.2) is 24.3 Å². The van der Waals surface area contributed by atoms with Crippen LogP contribution in [0.2, 0.25) is 0 Å². The Morgan fingerprint density at radius 3 is 2.90 bits per heavy atom. The number of hydrogen-bond acceptors (Lipinski definition) is 2. The van der Waals surface area contributed by atoms with E-state index in [9.17, 15) is 0 Å². The minimum Gasteiger partial charge on any atom is -0.493 e. The predicted octanol–water partition coefficient (Wildman–Crippen LogP) is 4.50. The van der Waals surface area contributed by atoms with Gasteiger partial charge in [0.05, 0.1) is 6.61 Å². The Morgan fingerprint density at radius 1 is 1.24 bits per heavy atom. The van der Waals surface area contributed by atoms with Crippen molar-refractivity contribution < 1.29 is 4.74 Å². The Kier molecular flexibility index (Phi) is 5.18. The lowest BCUT2D eigenvalue weighted by molar-refractivity contribution is 0.259. The largest absolute Gasteiger partial charge is 0.493 e. The molecule has 2 heteroatoms. The summed E-state index contributed by atoms with van der Waals surface area (Å²) in [6, 6.07) is 9.39. The smallest absolute Gasteiger partial charge is 0.122 e. The molecule has 1 aliphatic carbocycles. The van der Waals surface area contributed by atoms with Crippen LogP contribution in [0.3, 0.4) is 0 Å². The average molecular weight is 287 g/mol. The summed E-state index contributed by atoms with van der Waals surface area (Å²) in [4.78, 5) is 0. The molecule has 1 aromatic rings. The van der Waals surface area contributed by atoms with Crippen LogP contribution < -0.4 is 10.1 Å². The van der Waals surface area contributed by atoms with Gasteiger partial charge in [-0.2, -0.15) is 0 Å². The molecule has 0 saturated heterocycles. The number of fused-ring (bicyclic) bond motifs is 1. The van der Waals surface area contributed by atoms with E-state index < -0.39 is 0 Å². The summed E-state index contributed by atoms with van der Waals surface area (Å²) in [5.74, 6) is 2.80. The van der Waals surface area contributed by atoms with E-state index in [1.165, 1.54) is 57.1 Å². The van der Waals surface area contributed by atoms with E-state index in [0.29, 0.717) is 5.92 Å². The van der Waals surface area contributed by atoms with Crippen LogP contribution in [0.1, 0.15) is 63.4 Å². The normalized spacial score (nSPS) is 22.4. The zero-order valence-electron chi connectivity index (χ0n) is 13.3. The first-order valence-electron chi connectivity index (χ1n) is 8.83. The minimum atomic E-state index is 0.709. The van der Waals surface area contributed by atoms with Crippen LogP contribution in [-0.2, 0) is 0 Å². The van der Waals surface area contributed by atoms with E-state index in [4.69, 9.17) is 4.74 Å². The molecule has 0 amide bonds. The van der Waals surface area contributed by atoms with Gasteiger partial charge in [0.2, 0.25) is 0 Å². The van der Waals surface area contributed by atoms with Gasteiger partial charge in [-0.3, -0.25) is 0 Å². The number of hydrogen-bond donors (Lipinski definition) is 1. The fourth-order valence-electron chi connectivity index (χ4n) is 3.63. The van der Waals surface area contributed by atoms with Crippen LogP contribution >= 0.6 is 0 Å². The third kappa shape index (κ3) is 4.00. The molecule has 2 unspecified atom stereocenters. The monoisotopic (exact) mass is 287 g/mol. The molecule has 2 atom stereocenters. The number of benzene rings is 1. The van der Waals surface area contributed by atoms with Gasteiger partial charge in [-0.05, 0) is 68.5 Å². The van der Waals surface area contributed by atoms with Gasteiger partial charge in [0.1, 0.15) is 5.75 Å². The summed E-state index contributed by atoms with van der Waals surface area (Å²) >= 11 is 0. The molecule has 0 radical (unpaired) electrons. The maximum absolute atomic E-state index is 5.77. The lowest BCUT2D eigenvalue weighted by Crippen LogP contribution is -2.31. The van der Waals surface area contributed by atoms with Crippen molar-refractivity contribution in [2.75, 3.05) is 13.2 Å².